The molecular formula is C52H42N6. The lowest BCUT2D eigenvalue weighted by molar-refractivity contribution is 0.674. The molecule has 0 fully saturated rings. The summed E-state index contributed by atoms with van der Waals surface area (Å²) in [6, 6.07) is 59.2. The monoisotopic (exact) mass is 750 g/mol. The largest absolute Gasteiger partial charge is 0.344 e. The summed E-state index contributed by atoms with van der Waals surface area (Å²) < 4.78 is 0. The normalized spacial score (nSPS) is 13.7. The van der Waals surface area contributed by atoms with Crippen LogP contribution < -0.4 is 5.32 Å². The molecule has 6 nitrogen and oxygen atoms in total. The lowest BCUT2D eigenvalue weighted by atomic mass is 9.96. The number of amidine groups is 2. The second kappa shape index (κ2) is 15.7. The molecule has 8 aromatic rings. The highest BCUT2D eigenvalue weighted by atomic mass is 15.2. The van der Waals surface area contributed by atoms with Crippen molar-refractivity contribution in [3.05, 3.63) is 209 Å². The smallest absolute Gasteiger partial charge is 0.164 e. The fourth-order valence-electron chi connectivity index (χ4n) is 7.08. The number of aliphatic imine (C=N–C) groups is 2. The quantitative estimate of drug-likeness (QED) is 0.168. The van der Waals surface area contributed by atoms with Gasteiger partial charge < -0.3 is 5.32 Å². The van der Waals surface area contributed by atoms with Crippen LogP contribution >= 0.6 is 0 Å². The third kappa shape index (κ3) is 7.86. The number of aryl methyl sites for hydroxylation is 4. The molecule has 0 amide bonds. The van der Waals surface area contributed by atoms with Crippen LogP contribution in [-0.2, 0) is 0 Å². The zero-order chi connectivity index (χ0) is 39.6. The molecule has 1 aromatic heterocycles. The second-order valence-electron chi connectivity index (χ2n) is 15.0. The minimum Gasteiger partial charge on any atom is -0.344 e. The summed E-state index contributed by atoms with van der Waals surface area (Å²) >= 11 is 0. The van der Waals surface area contributed by atoms with Crippen LogP contribution in [0.1, 0.15) is 45.1 Å². The van der Waals surface area contributed by atoms with Crippen molar-refractivity contribution in [2.24, 2.45) is 9.98 Å². The van der Waals surface area contributed by atoms with Crippen molar-refractivity contribution >= 4 is 11.7 Å². The van der Waals surface area contributed by atoms with Crippen LogP contribution in [0.15, 0.2) is 180 Å². The standard InChI is InChI=1S/C52H42N6/c1-33-14-22-37(23-15-33)47-53-48(38-24-16-34(2)17-25-38)56-51(55-47)45-12-6-10-43(31-45)41-8-5-9-42(30-41)44-11-7-13-46(32-44)52-57-49(39-26-18-35(3)19-27-39)54-50(58-52)40-28-20-36(4)21-29-40/h5-32,47H,1-4H3,(H,53,55,56). The first-order chi connectivity index (χ1) is 28.3. The van der Waals surface area contributed by atoms with E-state index < -0.39 is 0 Å². The van der Waals surface area contributed by atoms with Crippen LogP contribution in [0.5, 0.6) is 0 Å². The van der Waals surface area contributed by atoms with E-state index in [2.05, 4.69) is 203 Å². The van der Waals surface area contributed by atoms with Gasteiger partial charge in [-0.2, -0.15) is 0 Å². The van der Waals surface area contributed by atoms with Crippen LogP contribution in [-0.4, -0.2) is 26.6 Å². The van der Waals surface area contributed by atoms with Gasteiger partial charge in [-0.1, -0.05) is 174 Å². The van der Waals surface area contributed by atoms with Crippen LogP contribution in [0.25, 0.3) is 56.4 Å². The lowest BCUT2D eigenvalue weighted by Crippen LogP contribution is -2.33. The van der Waals surface area contributed by atoms with E-state index in [0.717, 1.165) is 61.5 Å². The Kier molecular flexibility index (Phi) is 9.82. The molecule has 7 aromatic carbocycles. The molecule has 58 heavy (non-hydrogen) atoms. The Labute approximate surface area is 339 Å². The highest BCUT2D eigenvalue weighted by molar-refractivity contribution is 6.13. The van der Waals surface area contributed by atoms with E-state index in [1.54, 1.807) is 0 Å². The Morgan fingerprint density at radius 3 is 1.21 bits per heavy atom. The molecular weight excluding hydrogens is 709 g/mol. The first kappa shape index (κ1) is 36.3. The van der Waals surface area contributed by atoms with Gasteiger partial charge in [-0.3, -0.25) is 0 Å². The molecule has 1 unspecified atom stereocenters. The summed E-state index contributed by atoms with van der Waals surface area (Å²) in [6.07, 6.45) is -0.269. The van der Waals surface area contributed by atoms with Gasteiger partial charge in [0.1, 0.15) is 12.0 Å². The molecule has 1 N–H and O–H groups in total. The minimum absolute atomic E-state index is 0.269. The molecule has 1 aliphatic heterocycles. The Bertz CT molecular complexity index is 2760. The number of nitrogens with zero attached hydrogens (tertiary/aromatic N) is 5. The van der Waals surface area contributed by atoms with Gasteiger partial charge in [0, 0.05) is 27.8 Å². The van der Waals surface area contributed by atoms with E-state index >= 15 is 0 Å². The molecule has 1 aliphatic rings. The average molecular weight is 751 g/mol. The topological polar surface area (TPSA) is 75.4 Å². The first-order valence-corrected chi connectivity index (χ1v) is 19.6. The Balaban J connectivity index is 1.06. The van der Waals surface area contributed by atoms with E-state index in [1.165, 1.54) is 22.3 Å². The molecule has 9 rings (SSSR count). The summed E-state index contributed by atoms with van der Waals surface area (Å²) in [4.78, 5) is 25.2. The number of nitrogens with one attached hydrogen (secondary N) is 1. The van der Waals surface area contributed by atoms with Crippen molar-refractivity contribution < 1.29 is 0 Å². The van der Waals surface area contributed by atoms with Gasteiger partial charge in [0.2, 0.25) is 0 Å². The van der Waals surface area contributed by atoms with Crippen molar-refractivity contribution in [2.45, 2.75) is 33.9 Å². The van der Waals surface area contributed by atoms with Crippen LogP contribution in [0.2, 0.25) is 0 Å². The minimum atomic E-state index is -0.269. The SMILES string of the molecule is Cc1ccc(C2=NC(c3cccc(-c4cccc(-c5cccc(-c6nc(-c7ccc(C)cc7)nc(-c7ccc(C)cc7)n6)c5)c4)c3)=NC(c3ccc(C)cc3)N2)cc1. The molecule has 0 saturated heterocycles. The van der Waals surface area contributed by atoms with E-state index in [-0.39, 0.29) is 6.17 Å². The van der Waals surface area contributed by atoms with Gasteiger partial charge in [-0.25, -0.2) is 24.9 Å². The van der Waals surface area contributed by atoms with Crippen molar-refractivity contribution in [3.63, 3.8) is 0 Å². The van der Waals surface area contributed by atoms with Gasteiger partial charge in [-0.15, -0.1) is 0 Å². The first-order valence-electron chi connectivity index (χ1n) is 19.6. The van der Waals surface area contributed by atoms with Gasteiger partial charge in [-0.05, 0) is 73.7 Å². The number of hydrogen-bond donors (Lipinski definition) is 1. The van der Waals surface area contributed by atoms with Gasteiger partial charge >= 0.3 is 0 Å². The Hall–Kier alpha value is -7.31. The molecule has 0 spiro atoms. The maximum Gasteiger partial charge on any atom is 0.164 e. The second-order valence-corrected chi connectivity index (χ2v) is 15.0. The molecule has 0 bridgehead atoms. The van der Waals surface area contributed by atoms with Crippen LogP contribution in [0.4, 0.5) is 0 Å². The van der Waals surface area contributed by atoms with Crippen LogP contribution in [0.3, 0.4) is 0 Å². The summed E-state index contributed by atoms with van der Waals surface area (Å²) in [6.45, 7) is 8.36. The molecule has 1 atom stereocenters. The van der Waals surface area contributed by atoms with Gasteiger partial charge in [0.25, 0.3) is 0 Å². The molecule has 0 saturated carbocycles. The molecule has 0 radical (unpaired) electrons. The molecule has 0 aliphatic carbocycles. The third-order valence-electron chi connectivity index (χ3n) is 10.5. The number of hydrogen-bond acceptors (Lipinski definition) is 6. The van der Waals surface area contributed by atoms with E-state index in [9.17, 15) is 0 Å². The molecule has 6 heteroatoms. The maximum absolute atomic E-state index is 5.14. The van der Waals surface area contributed by atoms with Crippen molar-refractivity contribution in [1.82, 2.24) is 20.3 Å². The predicted octanol–water partition coefficient (Wildman–Crippen LogP) is 11.9. The van der Waals surface area contributed by atoms with Crippen LogP contribution in [0, 0.1) is 27.7 Å². The van der Waals surface area contributed by atoms with Crippen molar-refractivity contribution in [1.29, 1.82) is 0 Å². The van der Waals surface area contributed by atoms with Crippen molar-refractivity contribution in [3.8, 4) is 56.4 Å². The van der Waals surface area contributed by atoms with Gasteiger partial charge in [0.15, 0.2) is 23.3 Å². The Morgan fingerprint density at radius 2 is 0.724 bits per heavy atom. The van der Waals surface area contributed by atoms with E-state index in [1.807, 2.05) is 0 Å². The summed E-state index contributed by atoms with van der Waals surface area (Å²) in [5.74, 6) is 3.42. The number of benzene rings is 7. The fraction of sp³-hybridized carbons (Fsp3) is 0.0962. The van der Waals surface area contributed by atoms with E-state index in [0.29, 0.717) is 23.3 Å². The fourth-order valence-corrected chi connectivity index (χ4v) is 7.08. The summed E-state index contributed by atoms with van der Waals surface area (Å²) in [5.41, 5.74) is 15.0. The van der Waals surface area contributed by atoms with Crippen molar-refractivity contribution in [2.75, 3.05) is 0 Å². The number of rotatable bonds is 8. The lowest BCUT2D eigenvalue weighted by Gasteiger charge is -2.24. The third-order valence-corrected chi connectivity index (χ3v) is 10.5. The number of aromatic nitrogens is 3. The van der Waals surface area contributed by atoms with Gasteiger partial charge in [0.05, 0.1) is 0 Å². The highest BCUT2D eigenvalue weighted by Gasteiger charge is 2.21. The highest BCUT2D eigenvalue weighted by Crippen LogP contribution is 2.32. The molecule has 280 valence electrons. The zero-order valence-electron chi connectivity index (χ0n) is 33.0. The summed E-state index contributed by atoms with van der Waals surface area (Å²) in [5, 5.41) is 3.59. The maximum atomic E-state index is 5.14. The predicted molar refractivity (Wildman–Crippen MR) is 238 cm³/mol. The zero-order valence-corrected chi connectivity index (χ0v) is 33.0. The molecule has 2 heterocycles. The Morgan fingerprint density at radius 1 is 0.362 bits per heavy atom. The van der Waals surface area contributed by atoms with E-state index in [4.69, 9.17) is 24.9 Å². The summed E-state index contributed by atoms with van der Waals surface area (Å²) in [7, 11) is 0. The average Bonchev–Trinajstić information content (AvgIpc) is 3.27.